The molecule has 1 aromatic carbocycles. The Hall–Kier alpha value is -2.44. The Balaban J connectivity index is 1.94. The Bertz CT molecular complexity index is 618. The first-order chi connectivity index (χ1) is 11.5. The van der Waals surface area contributed by atoms with Crippen LogP contribution in [0.3, 0.4) is 0 Å². The molecule has 1 amide bonds. The number of anilines is 1. The highest BCUT2D eigenvalue weighted by Gasteiger charge is 2.25. The third kappa shape index (κ3) is 5.04. The van der Waals surface area contributed by atoms with Crippen molar-refractivity contribution in [3.8, 4) is 5.75 Å². The van der Waals surface area contributed by atoms with Crippen LogP contribution in [0, 0.1) is 5.92 Å². The number of ether oxygens (including phenoxy) is 2. The summed E-state index contributed by atoms with van der Waals surface area (Å²) in [5, 5.41) is 2.44. The molecule has 2 atom stereocenters. The van der Waals surface area contributed by atoms with E-state index in [0.717, 1.165) is 6.42 Å². The molecule has 0 heterocycles. The van der Waals surface area contributed by atoms with E-state index in [4.69, 9.17) is 4.74 Å². The third-order valence-corrected chi connectivity index (χ3v) is 3.63. The molecule has 0 saturated heterocycles. The van der Waals surface area contributed by atoms with Gasteiger partial charge in [-0.05, 0) is 38.3 Å². The van der Waals surface area contributed by atoms with Gasteiger partial charge in [0.15, 0.2) is 6.10 Å². The zero-order valence-corrected chi connectivity index (χ0v) is 13.2. The number of rotatable bonds is 6. The van der Waals surface area contributed by atoms with Crippen LogP contribution in [0.15, 0.2) is 36.4 Å². The SMILES string of the molecule is C[C@H](OC(=O)[C@@H]1CC=CCC1)C(=O)Nc1ccccc1OC(F)F. The van der Waals surface area contributed by atoms with Crippen molar-refractivity contribution in [3.05, 3.63) is 36.4 Å². The molecule has 1 aliphatic rings. The lowest BCUT2D eigenvalue weighted by molar-refractivity contribution is -0.157. The minimum Gasteiger partial charge on any atom is -0.452 e. The molecule has 2 rings (SSSR count). The lowest BCUT2D eigenvalue weighted by Gasteiger charge is -2.20. The number of amides is 1. The Kier molecular flexibility index (Phi) is 6.28. The highest BCUT2D eigenvalue weighted by molar-refractivity contribution is 5.96. The lowest BCUT2D eigenvalue weighted by Crippen LogP contribution is -2.32. The van der Waals surface area contributed by atoms with Crippen molar-refractivity contribution in [1.82, 2.24) is 0 Å². The monoisotopic (exact) mass is 339 g/mol. The van der Waals surface area contributed by atoms with Crippen LogP contribution in [0.2, 0.25) is 0 Å². The molecule has 130 valence electrons. The van der Waals surface area contributed by atoms with Crippen LogP contribution in [0.5, 0.6) is 5.75 Å². The Morgan fingerprint density at radius 1 is 1.25 bits per heavy atom. The van der Waals surface area contributed by atoms with Crippen LogP contribution in [-0.4, -0.2) is 24.6 Å². The first-order valence-electron chi connectivity index (χ1n) is 7.67. The largest absolute Gasteiger partial charge is 0.452 e. The van der Waals surface area contributed by atoms with Gasteiger partial charge in [-0.15, -0.1) is 0 Å². The zero-order valence-electron chi connectivity index (χ0n) is 13.2. The topological polar surface area (TPSA) is 64.6 Å². The van der Waals surface area contributed by atoms with Gasteiger partial charge in [0, 0.05) is 0 Å². The first-order valence-corrected chi connectivity index (χ1v) is 7.67. The van der Waals surface area contributed by atoms with Crippen LogP contribution in [0.25, 0.3) is 0 Å². The number of para-hydroxylation sites is 2. The Morgan fingerprint density at radius 3 is 2.67 bits per heavy atom. The normalized spacial score (nSPS) is 18.1. The number of benzene rings is 1. The summed E-state index contributed by atoms with van der Waals surface area (Å²) in [5.74, 6) is -1.45. The molecule has 7 heteroatoms. The van der Waals surface area contributed by atoms with Gasteiger partial charge in [0.1, 0.15) is 5.75 Å². The molecule has 5 nitrogen and oxygen atoms in total. The van der Waals surface area contributed by atoms with Crippen LogP contribution >= 0.6 is 0 Å². The summed E-state index contributed by atoms with van der Waals surface area (Å²) in [7, 11) is 0. The van der Waals surface area contributed by atoms with Crippen molar-refractivity contribution in [2.45, 2.75) is 38.9 Å². The number of carbonyl (C=O) groups is 2. The molecule has 0 spiro atoms. The quantitative estimate of drug-likeness (QED) is 0.636. The molecule has 0 aromatic heterocycles. The number of hydrogen-bond acceptors (Lipinski definition) is 4. The summed E-state index contributed by atoms with van der Waals surface area (Å²) in [4.78, 5) is 24.1. The summed E-state index contributed by atoms with van der Waals surface area (Å²) in [6.45, 7) is -1.57. The number of nitrogens with one attached hydrogen (secondary N) is 1. The van der Waals surface area contributed by atoms with Gasteiger partial charge in [0.2, 0.25) is 0 Å². The molecule has 1 aliphatic carbocycles. The average molecular weight is 339 g/mol. The standard InChI is InChI=1S/C17H19F2NO4/c1-11(23-16(22)12-7-3-2-4-8-12)15(21)20-13-9-5-6-10-14(13)24-17(18)19/h2-3,5-6,9-12,17H,4,7-8H2,1H3,(H,20,21)/t11-,12+/m0/s1. The average Bonchev–Trinajstić information content (AvgIpc) is 2.56. The van der Waals surface area contributed by atoms with E-state index in [1.54, 1.807) is 6.07 Å². The van der Waals surface area contributed by atoms with Gasteiger partial charge in [-0.3, -0.25) is 9.59 Å². The van der Waals surface area contributed by atoms with E-state index >= 15 is 0 Å². The fourth-order valence-electron chi connectivity index (χ4n) is 2.33. The second-order valence-corrected chi connectivity index (χ2v) is 5.42. The van der Waals surface area contributed by atoms with Gasteiger partial charge in [-0.1, -0.05) is 24.3 Å². The van der Waals surface area contributed by atoms with Crippen molar-refractivity contribution in [2.24, 2.45) is 5.92 Å². The molecule has 1 aromatic rings. The summed E-state index contributed by atoms with van der Waals surface area (Å²) >= 11 is 0. The van der Waals surface area contributed by atoms with E-state index in [9.17, 15) is 18.4 Å². The van der Waals surface area contributed by atoms with Crippen LogP contribution in [-0.2, 0) is 14.3 Å². The van der Waals surface area contributed by atoms with Crippen molar-refractivity contribution in [2.75, 3.05) is 5.32 Å². The molecule has 0 radical (unpaired) electrons. The number of halogens is 2. The van der Waals surface area contributed by atoms with Crippen molar-refractivity contribution in [1.29, 1.82) is 0 Å². The second-order valence-electron chi connectivity index (χ2n) is 5.42. The molecule has 24 heavy (non-hydrogen) atoms. The van der Waals surface area contributed by atoms with Gasteiger partial charge in [-0.25, -0.2) is 0 Å². The van der Waals surface area contributed by atoms with Crippen LogP contribution in [0.4, 0.5) is 14.5 Å². The molecular weight excluding hydrogens is 320 g/mol. The zero-order chi connectivity index (χ0) is 17.5. The minimum atomic E-state index is -3.00. The molecule has 0 saturated carbocycles. The van der Waals surface area contributed by atoms with E-state index in [-0.39, 0.29) is 17.4 Å². The number of hydrogen-bond donors (Lipinski definition) is 1. The summed E-state index contributed by atoms with van der Waals surface area (Å²) in [6.07, 6.45) is 4.96. The first kappa shape index (κ1) is 17.9. The van der Waals surface area contributed by atoms with E-state index in [2.05, 4.69) is 10.1 Å². The van der Waals surface area contributed by atoms with Gasteiger partial charge < -0.3 is 14.8 Å². The molecule has 0 fully saturated rings. The number of allylic oxidation sites excluding steroid dienone is 2. The van der Waals surface area contributed by atoms with Gasteiger partial charge in [0.05, 0.1) is 11.6 Å². The fourth-order valence-corrected chi connectivity index (χ4v) is 2.33. The van der Waals surface area contributed by atoms with Gasteiger partial charge in [0.25, 0.3) is 5.91 Å². The summed E-state index contributed by atoms with van der Waals surface area (Å²) in [5.41, 5.74) is 0.0892. The molecule has 0 aliphatic heterocycles. The minimum absolute atomic E-state index is 0.0892. The maximum absolute atomic E-state index is 12.4. The van der Waals surface area contributed by atoms with Crippen molar-refractivity contribution in [3.63, 3.8) is 0 Å². The van der Waals surface area contributed by atoms with Crippen molar-refractivity contribution < 1.29 is 27.8 Å². The molecule has 0 unspecified atom stereocenters. The van der Waals surface area contributed by atoms with Gasteiger partial charge in [-0.2, -0.15) is 8.78 Å². The smallest absolute Gasteiger partial charge is 0.387 e. The van der Waals surface area contributed by atoms with Crippen LogP contribution < -0.4 is 10.1 Å². The number of alkyl halides is 2. The molecule has 1 N–H and O–H groups in total. The van der Waals surface area contributed by atoms with E-state index < -0.39 is 24.6 Å². The predicted octanol–water partition coefficient (Wildman–Crippen LogP) is 3.51. The second kappa shape index (κ2) is 8.42. The van der Waals surface area contributed by atoms with Crippen molar-refractivity contribution >= 4 is 17.6 Å². The third-order valence-electron chi connectivity index (χ3n) is 3.63. The van der Waals surface area contributed by atoms with E-state index in [1.165, 1.54) is 25.1 Å². The number of carbonyl (C=O) groups excluding carboxylic acids is 2. The molecule has 0 bridgehead atoms. The maximum atomic E-state index is 12.4. The highest BCUT2D eigenvalue weighted by Crippen LogP contribution is 2.26. The number of esters is 1. The Labute approximate surface area is 138 Å². The van der Waals surface area contributed by atoms with E-state index in [1.807, 2.05) is 12.2 Å². The summed E-state index contributed by atoms with van der Waals surface area (Å²) in [6, 6.07) is 5.81. The fraction of sp³-hybridized carbons (Fsp3) is 0.412. The van der Waals surface area contributed by atoms with E-state index in [0.29, 0.717) is 12.8 Å². The highest BCUT2D eigenvalue weighted by atomic mass is 19.3. The lowest BCUT2D eigenvalue weighted by atomic mass is 9.95. The van der Waals surface area contributed by atoms with Crippen LogP contribution in [0.1, 0.15) is 26.2 Å². The Morgan fingerprint density at radius 2 is 2.00 bits per heavy atom. The maximum Gasteiger partial charge on any atom is 0.387 e. The van der Waals surface area contributed by atoms with Gasteiger partial charge >= 0.3 is 12.6 Å². The predicted molar refractivity (Wildman–Crippen MR) is 83.7 cm³/mol. The molecular formula is C17H19F2NO4. The summed E-state index contributed by atoms with van der Waals surface area (Å²) < 4.78 is 34.2.